The molecule has 142 valence electrons. The number of para-hydroxylation sites is 1. The van der Waals surface area contributed by atoms with Gasteiger partial charge in [0, 0.05) is 25.2 Å². The number of ether oxygens (including phenoxy) is 1. The largest absolute Gasteiger partial charge is 0.376 e. The van der Waals surface area contributed by atoms with Gasteiger partial charge in [-0.05, 0) is 50.6 Å². The third-order valence-corrected chi connectivity index (χ3v) is 7.00. The molecule has 3 heterocycles. The molecule has 2 aliphatic rings. The van der Waals surface area contributed by atoms with E-state index in [0.717, 1.165) is 49.7 Å². The van der Waals surface area contributed by atoms with Crippen molar-refractivity contribution in [2.45, 2.75) is 43.9 Å². The average Bonchev–Trinajstić information content (AvgIpc) is 3.12. The van der Waals surface area contributed by atoms with Crippen LogP contribution >= 0.6 is 23.3 Å². The zero-order valence-corrected chi connectivity index (χ0v) is 17.0. The Labute approximate surface area is 164 Å². The summed E-state index contributed by atoms with van der Waals surface area (Å²) < 4.78 is 11.1. The van der Waals surface area contributed by atoms with Gasteiger partial charge in [-0.2, -0.15) is 0 Å². The highest BCUT2D eigenvalue weighted by Crippen LogP contribution is 2.30. The molecule has 4 rings (SSSR count). The van der Waals surface area contributed by atoms with Crippen molar-refractivity contribution in [1.29, 1.82) is 0 Å². The second-order valence-electron chi connectivity index (χ2n) is 7.12. The van der Waals surface area contributed by atoms with Crippen LogP contribution < -0.4 is 14.9 Å². The van der Waals surface area contributed by atoms with Crippen LogP contribution in [0.3, 0.4) is 0 Å². The first-order valence-corrected chi connectivity index (χ1v) is 11.6. The Hall–Kier alpha value is -0.860. The third kappa shape index (κ3) is 4.34. The lowest BCUT2D eigenvalue weighted by Gasteiger charge is -2.36. The van der Waals surface area contributed by atoms with E-state index in [-0.39, 0.29) is 0 Å². The molecule has 5 nitrogen and oxygen atoms in total. The minimum atomic E-state index is 0.374. The number of thiazole rings is 1. The maximum atomic E-state index is 6.29. The van der Waals surface area contributed by atoms with Gasteiger partial charge in [-0.3, -0.25) is 4.72 Å². The second kappa shape index (κ2) is 8.89. The summed E-state index contributed by atoms with van der Waals surface area (Å²) in [6, 6.07) is 9.34. The van der Waals surface area contributed by atoms with Gasteiger partial charge >= 0.3 is 0 Å². The van der Waals surface area contributed by atoms with E-state index in [1.54, 1.807) is 23.3 Å². The van der Waals surface area contributed by atoms with E-state index in [1.165, 1.54) is 17.5 Å². The fourth-order valence-corrected chi connectivity index (χ4v) is 5.47. The van der Waals surface area contributed by atoms with Crippen LogP contribution in [0.2, 0.25) is 0 Å². The highest BCUT2D eigenvalue weighted by atomic mass is 32.2. The lowest BCUT2D eigenvalue weighted by Crippen LogP contribution is -2.53. The van der Waals surface area contributed by atoms with Crippen LogP contribution in [-0.4, -0.2) is 55.7 Å². The summed E-state index contributed by atoms with van der Waals surface area (Å²) in [4.78, 5) is 7.21. The summed E-state index contributed by atoms with van der Waals surface area (Å²) in [7, 11) is 0. The number of fused-ring (bicyclic) bond motifs is 1. The van der Waals surface area contributed by atoms with E-state index in [4.69, 9.17) is 9.72 Å². The molecule has 0 aliphatic carbocycles. The lowest BCUT2D eigenvalue weighted by molar-refractivity contribution is 0.0156. The molecule has 0 amide bonds. The van der Waals surface area contributed by atoms with Crippen molar-refractivity contribution in [3.05, 3.63) is 24.3 Å². The quantitative estimate of drug-likeness (QED) is 0.736. The minimum absolute atomic E-state index is 0.374. The summed E-state index contributed by atoms with van der Waals surface area (Å²) in [6.07, 6.45) is 7.13. The van der Waals surface area contributed by atoms with Gasteiger partial charge in [-0.15, -0.1) is 0 Å². The smallest absolute Gasteiger partial charge is 0.186 e. The number of nitrogens with one attached hydrogen (secondary N) is 2. The number of aromatic nitrogens is 1. The Kier molecular flexibility index (Phi) is 6.32. The Bertz CT molecular complexity index is 667. The first-order chi connectivity index (χ1) is 12.8. The molecule has 1 aromatic carbocycles. The van der Waals surface area contributed by atoms with Crippen molar-refractivity contribution in [2.24, 2.45) is 0 Å². The molecule has 0 spiro atoms. The number of anilines is 1. The van der Waals surface area contributed by atoms with Crippen LogP contribution in [0.15, 0.2) is 24.3 Å². The third-order valence-electron chi connectivity index (χ3n) is 5.36. The van der Waals surface area contributed by atoms with Gasteiger partial charge in [0.15, 0.2) is 5.13 Å². The molecule has 0 saturated carbocycles. The summed E-state index contributed by atoms with van der Waals surface area (Å²) in [5, 5.41) is 4.78. The van der Waals surface area contributed by atoms with Crippen molar-refractivity contribution < 1.29 is 4.74 Å². The molecule has 7 heteroatoms. The van der Waals surface area contributed by atoms with Gasteiger partial charge in [-0.25, -0.2) is 4.98 Å². The summed E-state index contributed by atoms with van der Waals surface area (Å²) in [5.41, 5.74) is 1.11. The molecular formula is C19H28N4OS2. The maximum absolute atomic E-state index is 6.29. The van der Waals surface area contributed by atoms with Crippen LogP contribution in [-0.2, 0) is 4.74 Å². The maximum Gasteiger partial charge on any atom is 0.186 e. The van der Waals surface area contributed by atoms with Gasteiger partial charge in [0.05, 0.1) is 22.9 Å². The van der Waals surface area contributed by atoms with Crippen LogP contribution in [0.1, 0.15) is 25.7 Å². The minimum Gasteiger partial charge on any atom is -0.376 e. The highest BCUT2D eigenvalue weighted by molar-refractivity contribution is 7.96. The number of rotatable bonds is 6. The number of piperidine rings is 2. The monoisotopic (exact) mass is 392 g/mol. The van der Waals surface area contributed by atoms with Gasteiger partial charge < -0.3 is 15.0 Å². The Morgan fingerprint density at radius 1 is 1.31 bits per heavy atom. The molecule has 2 N–H and O–H groups in total. The number of hydrogen-bond donors (Lipinski definition) is 2. The van der Waals surface area contributed by atoms with Crippen LogP contribution in [0.5, 0.6) is 0 Å². The number of benzene rings is 1. The Balaban J connectivity index is 1.27. The molecule has 26 heavy (non-hydrogen) atoms. The van der Waals surface area contributed by atoms with E-state index in [2.05, 4.69) is 45.5 Å². The second-order valence-corrected chi connectivity index (χ2v) is 8.77. The SMILES string of the molecule is CSN[C@H]1CCCN[C@H]1COC1CCN(c2nc3ccccc3s2)CC1. The van der Waals surface area contributed by atoms with E-state index in [1.807, 2.05) is 0 Å². The van der Waals surface area contributed by atoms with Crippen molar-refractivity contribution in [3.63, 3.8) is 0 Å². The van der Waals surface area contributed by atoms with E-state index < -0.39 is 0 Å². The highest BCUT2D eigenvalue weighted by Gasteiger charge is 2.27. The zero-order chi connectivity index (χ0) is 17.8. The Morgan fingerprint density at radius 2 is 2.15 bits per heavy atom. The van der Waals surface area contributed by atoms with Crippen LogP contribution in [0, 0.1) is 0 Å². The molecule has 0 unspecified atom stereocenters. The van der Waals surface area contributed by atoms with E-state index >= 15 is 0 Å². The summed E-state index contributed by atoms with van der Waals surface area (Å²) in [6.45, 7) is 3.99. The first-order valence-electron chi connectivity index (χ1n) is 9.57. The molecule has 0 bridgehead atoms. The zero-order valence-electron chi connectivity index (χ0n) is 15.3. The molecule has 2 aromatic rings. The van der Waals surface area contributed by atoms with Crippen molar-refractivity contribution in [1.82, 2.24) is 15.0 Å². The molecule has 1 aromatic heterocycles. The summed E-state index contributed by atoms with van der Waals surface area (Å²) in [5.74, 6) is 0. The van der Waals surface area contributed by atoms with Gasteiger partial charge in [0.2, 0.25) is 0 Å². The van der Waals surface area contributed by atoms with Gasteiger partial charge in [-0.1, -0.05) is 35.4 Å². The van der Waals surface area contributed by atoms with Crippen LogP contribution in [0.4, 0.5) is 5.13 Å². The predicted octanol–water partition coefficient (Wildman–Crippen LogP) is 3.27. The normalized spacial score (nSPS) is 25.0. The lowest BCUT2D eigenvalue weighted by atomic mass is 10.00. The van der Waals surface area contributed by atoms with Crippen molar-refractivity contribution >= 4 is 38.6 Å². The molecule has 2 atom stereocenters. The summed E-state index contributed by atoms with van der Waals surface area (Å²) >= 11 is 3.52. The molecule has 2 aliphatic heterocycles. The average molecular weight is 393 g/mol. The van der Waals surface area contributed by atoms with Gasteiger partial charge in [0.1, 0.15) is 0 Å². The van der Waals surface area contributed by atoms with E-state index in [9.17, 15) is 0 Å². The fraction of sp³-hybridized carbons (Fsp3) is 0.632. The first kappa shape index (κ1) is 18.5. The number of nitrogens with zero attached hydrogens (tertiary/aromatic N) is 2. The molecule has 2 fully saturated rings. The van der Waals surface area contributed by atoms with Crippen molar-refractivity contribution in [3.8, 4) is 0 Å². The number of hydrogen-bond acceptors (Lipinski definition) is 7. The molecule has 2 saturated heterocycles. The molecular weight excluding hydrogens is 364 g/mol. The van der Waals surface area contributed by atoms with Gasteiger partial charge in [0.25, 0.3) is 0 Å². The topological polar surface area (TPSA) is 49.4 Å². The fourth-order valence-electron chi connectivity index (χ4n) is 3.87. The van der Waals surface area contributed by atoms with Crippen LogP contribution in [0.25, 0.3) is 10.2 Å². The van der Waals surface area contributed by atoms with Crippen molar-refractivity contribution in [2.75, 3.05) is 37.4 Å². The standard InChI is InChI=1S/C19H28N4OS2/c1-25-22-15-6-4-10-20-17(15)13-24-14-8-11-23(12-9-14)19-21-16-5-2-3-7-18(16)26-19/h2-3,5,7,14-15,17,20,22H,4,6,8-13H2,1H3/t15-,17-/m0/s1. The Morgan fingerprint density at radius 3 is 2.96 bits per heavy atom. The predicted molar refractivity (Wildman–Crippen MR) is 112 cm³/mol. The van der Waals surface area contributed by atoms with E-state index in [0.29, 0.717) is 18.2 Å². The molecule has 0 radical (unpaired) electrons.